The number of rotatable bonds is 9. The molecule has 7 nitrogen and oxygen atoms in total. The van der Waals surface area contributed by atoms with Gasteiger partial charge in [-0.25, -0.2) is 4.39 Å². The molecule has 0 radical (unpaired) electrons. The molecule has 0 atom stereocenters. The lowest BCUT2D eigenvalue weighted by Gasteiger charge is -2.08. The van der Waals surface area contributed by atoms with Gasteiger partial charge in [0, 0.05) is 41.4 Å². The molecule has 0 spiro atoms. The normalized spacial score (nSPS) is 11.1. The van der Waals surface area contributed by atoms with Gasteiger partial charge >= 0.3 is 0 Å². The number of hydrogen-bond acceptors (Lipinski definition) is 5. The van der Waals surface area contributed by atoms with Gasteiger partial charge in [0.15, 0.2) is 10.9 Å². The molecule has 4 rings (SSSR count). The molecule has 170 valence electrons. The monoisotopic (exact) mass is 465 g/mol. The highest BCUT2D eigenvalue weighted by molar-refractivity contribution is 7.99. The summed E-state index contributed by atoms with van der Waals surface area (Å²) in [5.41, 5.74) is 2.25. The number of anilines is 1. The maximum atomic E-state index is 13.0. The molecule has 0 saturated heterocycles. The Bertz CT molecular complexity index is 1300. The molecule has 0 saturated carbocycles. The molecule has 2 aromatic heterocycles. The first kappa shape index (κ1) is 22.7. The van der Waals surface area contributed by atoms with Gasteiger partial charge in [-0.1, -0.05) is 30.0 Å². The maximum Gasteiger partial charge on any atom is 0.232 e. The van der Waals surface area contributed by atoms with E-state index in [1.54, 1.807) is 0 Å². The lowest BCUT2D eigenvalue weighted by Crippen LogP contribution is -2.17. The lowest BCUT2D eigenvalue weighted by molar-refractivity contribution is -0.115. The fourth-order valence-electron chi connectivity index (χ4n) is 3.69. The van der Waals surface area contributed by atoms with E-state index in [1.807, 2.05) is 48.9 Å². The second-order valence-corrected chi connectivity index (χ2v) is 8.38. The molecule has 9 heteroatoms. The van der Waals surface area contributed by atoms with Crippen LogP contribution in [0, 0.1) is 5.82 Å². The summed E-state index contributed by atoms with van der Waals surface area (Å²) >= 11 is 1.31. The number of halogens is 1. The van der Waals surface area contributed by atoms with Gasteiger partial charge in [0.25, 0.3) is 0 Å². The summed E-state index contributed by atoms with van der Waals surface area (Å²) in [6, 6.07) is 13.5. The molecule has 0 aliphatic carbocycles. The van der Waals surface area contributed by atoms with Crippen molar-refractivity contribution in [1.82, 2.24) is 19.3 Å². The van der Waals surface area contributed by atoms with Crippen LogP contribution in [0.1, 0.15) is 30.0 Å². The summed E-state index contributed by atoms with van der Waals surface area (Å²) in [6.07, 6.45) is 1.93. The number of carbonyl (C=O) groups excluding carboxylic acids is 2. The second kappa shape index (κ2) is 9.99. The average Bonchev–Trinajstić information content (AvgIpc) is 3.39. The smallest absolute Gasteiger partial charge is 0.232 e. The highest BCUT2D eigenvalue weighted by atomic mass is 32.2. The molecular formula is C24H24FN5O2S. The van der Waals surface area contributed by atoms with Crippen molar-refractivity contribution >= 4 is 40.0 Å². The van der Waals surface area contributed by atoms with Crippen molar-refractivity contribution in [2.75, 3.05) is 11.1 Å². The summed E-state index contributed by atoms with van der Waals surface area (Å²) in [5.74, 6) is 0.106. The Balaban J connectivity index is 1.44. The molecule has 0 aliphatic heterocycles. The number of benzene rings is 2. The van der Waals surface area contributed by atoms with Crippen molar-refractivity contribution in [3.05, 3.63) is 71.9 Å². The first-order valence-electron chi connectivity index (χ1n) is 10.7. The van der Waals surface area contributed by atoms with E-state index < -0.39 is 0 Å². The third kappa shape index (κ3) is 4.98. The average molecular weight is 466 g/mol. The molecule has 0 aliphatic rings. The SMILES string of the molecule is CCn1c(CC(=O)Nc2ccc(F)cc2)nnc1SCC(=O)c1cn(CC)c2ccccc12. The summed E-state index contributed by atoms with van der Waals surface area (Å²) < 4.78 is 16.9. The Morgan fingerprint density at radius 3 is 2.52 bits per heavy atom. The Morgan fingerprint density at radius 2 is 1.79 bits per heavy atom. The number of para-hydroxylation sites is 1. The fraction of sp³-hybridized carbons (Fsp3) is 0.250. The molecule has 33 heavy (non-hydrogen) atoms. The Morgan fingerprint density at radius 1 is 1.03 bits per heavy atom. The summed E-state index contributed by atoms with van der Waals surface area (Å²) in [4.78, 5) is 25.4. The standard InChI is InChI=1S/C24H24FN5O2S/c1-3-29-14-19(18-7-5-6-8-20(18)29)21(31)15-33-24-28-27-22(30(24)4-2)13-23(32)26-17-11-9-16(25)10-12-17/h5-12,14H,3-4,13,15H2,1-2H3,(H,26,32). The summed E-state index contributed by atoms with van der Waals surface area (Å²) in [6.45, 7) is 5.34. The number of aromatic nitrogens is 4. The predicted octanol–water partition coefficient (Wildman–Crippen LogP) is 4.57. The molecule has 1 amide bonds. The highest BCUT2D eigenvalue weighted by Crippen LogP contribution is 2.25. The molecule has 0 fully saturated rings. The Hall–Kier alpha value is -3.46. The maximum absolute atomic E-state index is 13.0. The van der Waals surface area contributed by atoms with Crippen LogP contribution in [0.4, 0.5) is 10.1 Å². The largest absolute Gasteiger partial charge is 0.347 e. The van der Waals surface area contributed by atoms with Gasteiger partial charge in [-0.05, 0) is 44.2 Å². The lowest BCUT2D eigenvalue weighted by atomic mass is 10.1. The van der Waals surface area contributed by atoms with E-state index in [0.29, 0.717) is 28.8 Å². The third-order valence-corrected chi connectivity index (χ3v) is 6.29. The summed E-state index contributed by atoms with van der Waals surface area (Å²) in [5, 5.41) is 12.6. The van der Waals surface area contributed by atoms with Gasteiger partial charge in [0.1, 0.15) is 11.6 Å². The van der Waals surface area contributed by atoms with Crippen LogP contribution in [0.15, 0.2) is 59.9 Å². The zero-order chi connectivity index (χ0) is 23.4. The zero-order valence-electron chi connectivity index (χ0n) is 18.4. The van der Waals surface area contributed by atoms with Crippen molar-refractivity contribution in [1.29, 1.82) is 0 Å². The van der Waals surface area contributed by atoms with E-state index in [4.69, 9.17) is 0 Å². The topological polar surface area (TPSA) is 81.8 Å². The van der Waals surface area contributed by atoms with Crippen molar-refractivity contribution in [2.45, 2.75) is 38.5 Å². The Kier molecular flexibility index (Phi) is 6.88. The van der Waals surface area contributed by atoms with Crippen LogP contribution in [0.2, 0.25) is 0 Å². The van der Waals surface area contributed by atoms with Crippen LogP contribution in [-0.4, -0.2) is 36.8 Å². The molecule has 4 aromatic rings. The number of nitrogens with one attached hydrogen (secondary N) is 1. The second-order valence-electron chi connectivity index (χ2n) is 7.43. The van der Waals surface area contributed by atoms with E-state index in [1.165, 1.54) is 36.0 Å². The van der Waals surface area contributed by atoms with Gasteiger partial charge in [-0.15, -0.1) is 10.2 Å². The van der Waals surface area contributed by atoms with Gasteiger partial charge in [-0.2, -0.15) is 0 Å². The van der Waals surface area contributed by atoms with Crippen molar-refractivity contribution in [3.63, 3.8) is 0 Å². The van der Waals surface area contributed by atoms with E-state index >= 15 is 0 Å². The number of carbonyl (C=O) groups is 2. The number of amides is 1. The molecule has 0 unspecified atom stereocenters. The van der Waals surface area contributed by atoms with Crippen molar-refractivity contribution < 1.29 is 14.0 Å². The summed E-state index contributed by atoms with van der Waals surface area (Å²) in [7, 11) is 0. The minimum absolute atomic E-state index is 0.0182. The van der Waals surface area contributed by atoms with Gasteiger partial charge in [-0.3, -0.25) is 9.59 Å². The molecule has 2 heterocycles. The number of fused-ring (bicyclic) bond motifs is 1. The van der Waals surface area contributed by atoms with Gasteiger partial charge < -0.3 is 14.5 Å². The number of hydrogen-bond donors (Lipinski definition) is 1. The van der Waals surface area contributed by atoms with E-state index in [2.05, 4.69) is 20.1 Å². The van der Waals surface area contributed by atoms with Crippen LogP contribution in [0.3, 0.4) is 0 Å². The third-order valence-electron chi connectivity index (χ3n) is 5.32. The fourth-order valence-corrected chi connectivity index (χ4v) is 4.60. The van der Waals surface area contributed by atoms with E-state index in [0.717, 1.165) is 17.4 Å². The van der Waals surface area contributed by atoms with Crippen LogP contribution in [-0.2, 0) is 24.3 Å². The molecule has 2 aromatic carbocycles. The quantitative estimate of drug-likeness (QED) is 0.289. The van der Waals surface area contributed by atoms with Crippen molar-refractivity contribution in [3.8, 4) is 0 Å². The Labute approximate surface area is 195 Å². The van der Waals surface area contributed by atoms with E-state index in [-0.39, 0.29) is 29.7 Å². The van der Waals surface area contributed by atoms with Crippen LogP contribution in [0.25, 0.3) is 10.9 Å². The van der Waals surface area contributed by atoms with Crippen LogP contribution < -0.4 is 5.32 Å². The molecular weight excluding hydrogens is 441 g/mol. The minimum Gasteiger partial charge on any atom is -0.347 e. The number of aryl methyl sites for hydroxylation is 1. The van der Waals surface area contributed by atoms with Crippen LogP contribution in [0.5, 0.6) is 0 Å². The predicted molar refractivity (Wildman–Crippen MR) is 127 cm³/mol. The zero-order valence-corrected chi connectivity index (χ0v) is 19.2. The van der Waals surface area contributed by atoms with Gasteiger partial charge in [0.05, 0.1) is 12.2 Å². The highest BCUT2D eigenvalue weighted by Gasteiger charge is 2.19. The molecule has 1 N–H and O–H groups in total. The van der Waals surface area contributed by atoms with Crippen LogP contribution >= 0.6 is 11.8 Å². The van der Waals surface area contributed by atoms with Crippen molar-refractivity contribution in [2.24, 2.45) is 0 Å². The number of ketones is 1. The molecule has 0 bridgehead atoms. The minimum atomic E-state index is -0.366. The van der Waals surface area contributed by atoms with E-state index in [9.17, 15) is 14.0 Å². The van der Waals surface area contributed by atoms with Gasteiger partial charge in [0.2, 0.25) is 5.91 Å². The first-order chi connectivity index (χ1) is 16.0. The number of Topliss-reactive ketones (excluding diaryl/α,β-unsaturated/α-hetero) is 1. The number of thioether (sulfide) groups is 1. The number of nitrogens with zero attached hydrogens (tertiary/aromatic N) is 4. The first-order valence-corrected chi connectivity index (χ1v) is 11.7.